The van der Waals surface area contributed by atoms with Crippen molar-refractivity contribution in [1.29, 1.82) is 0 Å². The van der Waals surface area contributed by atoms with Gasteiger partial charge in [-0.05, 0) is 28.2 Å². The summed E-state index contributed by atoms with van der Waals surface area (Å²) >= 11 is 0. The van der Waals surface area contributed by atoms with Gasteiger partial charge in [0.25, 0.3) is 0 Å². The van der Waals surface area contributed by atoms with Crippen LogP contribution >= 0.6 is 0 Å². The maximum absolute atomic E-state index is 4.50. The molecule has 66 valence electrons. The van der Waals surface area contributed by atoms with Crippen molar-refractivity contribution in [2.45, 2.75) is 13.8 Å². The highest BCUT2D eigenvalue weighted by molar-refractivity contribution is 4.22. The zero-order valence-electron chi connectivity index (χ0n) is 8.44. The van der Waals surface area contributed by atoms with Crippen molar-refractivity contribution < 1.29 is 0 Å². The zero-order chi connectivity index (χ0) is 9.58. The molecule has 0 aliphatic carbocycles. The lowest BCUT2D eigenvalue weighted by Gasteiger charge is -1.90. The van der Waals surface area contributed by atoms with Gasteiger partial charge in [0.2, 0.25) is 0 Å². The topological polar surface area (TPSA) is 29.3 Å². The second kappa shape index (κ2) is 71.8. The molecule has 2 N–H and O–H groups in total. The van der Waals surface area contributed by atoms with Crippen molar-refractivity contribution in [3.63, 3.8) is 0 Å². The van der Waals surface area contributed by atoms with Gasteiger partial charge in [-0.2, -0.15) is 0 Å². The number of nitrogens with zero attached hydrogens (tertiary/aromatic N) is 1. The fourth-order valence-electron chi connectivity index (χ4n) is 0. The highest BCUT2D eigenvalue weighted by Gasteiger charge is 1.58. The molecule has 2 heteroatoms. The molecular weight excluding hydrogens is 124 g/mol. The van der Waals surface area contributed by atoms with Gasteiger partial charge in [0.05, 0.1) is 0 Å². The maximum Gasteiger partial charge on any atom is -0.0140 e. The molecule has 10 heavy (non-hydrogen) atoms. The predicted octanol–water partition coefficient (Wildman–Crippen LogP) is 1.58. The summed E-state index contributed by atoms with van der Waals surface area (Å²) in [5, 5.41) is 0. The van der Waals surface area contributed by atoms with E-state index < -0.39 is 0 Å². The van der Waals surface area contributed by atoms with Gasteiger partial charge in [-0.1, -0.05) is 13.8 Å². The Labute approximate surface area is 66.7 Å². The van der Waals surface area contributed by atoms with E-state index in [1.165, 1.54) is 7.05 Å². The third-order valence-electron chi connectivity index (χ3n) is 0. The second-order valence-electron chi connectivity index (χ2n) is 1.34. The molecule has 0 aliphatic rings. The van der Waals surface area contributed by atoms with Crippen molar-refractivity contribution in [2.75, 3.05) is 28.2 Å². The fraction of sp³-hybridized carbons (Fsp3) is 0.750. The van der Waals surface area contributed by atoms with E-state index in [0.29, 0.717) is 0 Å². The average molecular weight is 148 g/mol. The molecule has 0 heterocycles. The number of hydrogen-bond acceptors (Lipinski definition) is 2. The summed E-state index contributed by atoms with van der Waals surface area (Å²) in [5.74, 6) is 0. The largest absolute Gasteiger partial charge is 0.333 e. The maximum atomic E-state index is 4.50. The standard InChI is InChI=1S/C3H9N.C2H6.C2H4.CH5N/c1-4(2)3;3*1-2/h1-3H3;1-2H3;1-2H2;2H2,1H3. The van der Waals surface area contributed by atoms with Gasteiger partial charge in [-0.3, -0.25) is 0 Å². The molecule has 0 saturated carbocycles. The molecule has 0 spiro atoms. The molecule has 0 radical (unpaired) electrons. The van der Waals surface area contributed by atoms with E-state index in [2.05, 4.69) is 18.9 Å². The predicted molar refractivity (Wildman–Crippen MR) is 52.3 cm³/mol. The van der Waals surface area contributed by atoms with Crippen LogP contribution in [0.5, 0.6) is 0 Å². The van der Waals surface area contributed by atoms with Crippen molar-refractivity contribution in [3.05, 3.63) is 13.2 Å². The molecule has 0 aromatic heterocycles. The molecule has 0 amide bonds. The average Bonchev–Trinajstić information content (AvgIpc) is 1.98. The Hall–Kier alpha value is -0.340. The lowest BCUT2D eigenvalue weighted by atomic mass is 11.0. The van der Waals surface area contributed by atoms with E-state index in [-0.39, 0.29) is 0 Å². The molecule has 0 aromatic rings. The monoisotopic (exact) mass is 148 g/mol. The van der Waals surface area contributed by atoms with Crippen LogP contribution in [0.15, 0.2) is 13.2 Å². The van der Waals surface area contributed by atoms with Crippen LogP contribution in [0, 0.1) is 0 Å². The third-order valence-corrected chi connectivity index (χ3v) is 0. The Morgan fingerprint density at radius 3 is 0.900 bits per heavy atom. The molecule has 0 aliphatic heterocycles. The molecule has 0 unspecified atom stereocenters. The quantitative estimate of drug-likeness (QED) is 0.528. The molecule has 0 aromatic carbocycles. The van der Waals surface area contributed by atoms with Crippen LogP contribution in [0.2, 0.25) is 0 Å². The molecule has 0 saturated heterocycles. The van der Waals surface area contributed by atoms with Gasteiger partial charge in [0, 0.05) is 0 Å². The highest BCUT2D eigenvalue weighted by Crippen LogP contribution is 1.47. The Kier molecular flexibility index (Phi) is 162. The van der Waals surface area contributed by atoms with Crippen LogP contribution in [0.4, 0.5) is 0 Å². The van der Waals surface area contributed by atoms with Gasteiger partial charge in [0.15, 0.2) is 0 Å². The molecule has 0 rings (SSSR count). The number of rotatable bonds is 0. The summed E-state index contributed by atoms with van der Waals surface area (Å²) in [5.41, 5.74) is 4.50. The molecule has 2 nitrogen and oxygen atoms in total. The zero-order valence-corrected chi connectivity index (χ0v) is 8.44. The van der Waals surface area contributed by atoms with Crippen molar-refractivity contribution in [2.24, 2.45) is 5.73 Å². The summed E-state index contributed by atoms with van der Waals surface area (Å²) < 4.78 is 0. The van der Waals surface area contributed by atoms with E-state index in [4.69, 9.17) is 0 Å². The van der Waals surface area contributed by atoms with Crippen LogP contribution in [-0.2, 0) is 0 Å². The smallest absolute Gasteiger partial charge is 0.0140 e. The lowest BCUT2D eigenvalue weighted by Crippen LogP contribution is -1.99. The lowest BCUT2D eigenvalue weighted by molar-refractivity contribution is 0.505. The van der Waals surface area contributed by atoms with Crippen LogP contribution in [-0.4, -0.2) is 33.1 Å². The first kappa shape index (κ1) is 22.6. The van der Waals surface area contributed by atoms with Crippen LogP contribution in [0.1, 0.15) is 13.8 Å². The first-order valence-corrected chi connectivity index (χ1v) is 3.42. The number of hydrogen-bond donors (Lipinski definition) is 1. The summed E-state index contributed by atoms with van der Waals surface area (Å²) in [4.78, 5) is 2.00. The summed E-state index contributed by atoms with van der Waals surface area (Å²) in [6, 6.07) is 0. The van der Waals surface area contributed by atoms with Crippen LogP contribution in [0.25, 0.3) is 0 Å². The van der Waals surface area contributed by atoms with E-state index in [1.807, 2.05) is 39.9 Å². The van der Waals surface area contributed by atoms with Crippen LogP contribution in [0.3, 0.4) is 0 Å². The SMILES string of the molecule is C=C.CC.CN.CN(C)C. The number of nitrogens with two attached hydrogens (primary N) is 1. The molecular formula is C8H24N2. The Balaban J connectivity index is -0.0000000262. The van der Waals surface area contributed by atoms with Crippen LogP contribution < -0.4 is 5.73 Å². The van der Waals surface area contributed by atoms with E-state index in [1.54, 1.807) is 0 Å². The summed E-state index contributed by atoms with van der Waals surface area (Å²) in [7, 11) is 7.50. The molecule has 0 atom stereocenters. The highest BCUT2D eigenvalue weighted by atomic mass is 15.0. The minimum Gasteiger partial charge on any atom is -0.333 e. The minimum absolute atomic E-state index is 1.50. The summed E-state index contributed by atoms with van der Waals surface area (Å²) in [6.07, 6.45) is 0. The Morgan fingerprint density at radius 2 is 0.900 bits per heavy atom. The fourth-order valence-corrected chi connectivity index (χ4v) is 0. The van der Waals surface area contributed by atoms with Gasteiger partial charge in [0.1, 0.15) is 0 Å². The van der Waals surface area contributed by atoms with E-state index in [9.17, 15) is 0 Å². The van der Waals surface area contributed by atoms with E-state index >= 15 is 0 Å². The summed E-state index contributed by atoms with van der Waals surface area (Å²) in [6.45, 7) is 10.0. The normalized spacial score (nSPS) is 5.20. The Morgan fingerprint density at radius 1 is 0.900 bits per heavy atom. The Bertz CT molecular complexity index is 18.5. The third kappa shape index (κ3) is 2940. The van der Waals surface area contributed by atoms with Crippen molar-refractivity contribution in [1.82, 2.24) is 4.90 Å². The van der Waals surface area contributed by atoms with Gasteiger partial charge in [-0.25, -0.2) is 0 Å². The van der Waals surface area contributed by atoms with Gasteiger partial charge < -0.3 is 10.6 Å². The second-order valence-corrected chi connectivity index (χ2v) is 1.34. The first-order valence-electron chi connectivity index (χ1n) is 3.42. The molecule has 0 fully saturated rings. The first-order chi connectivity index (χ1) is 4.73. The molecule has 0 bridgehead atoms. The van der Waals surface area contributed by atoms with Gasteiger partial charge >= 0.3 is 0 Å². The minimum atomic E-state index is 1.50. The van der Waals surface area contributed by atoms with Crippen molar-refractivity contribution in [3.8, 4) is 0 Å². The van der Waals surface area contributed by atoms with Crippen molar-refractivity contribution >= 4 is 0 Å². The van der Waals surface area contributed by atoms with Gasteiger partial charge in [-0.15, -0.1) is 13.2 Å². The van der Waals surface area contributed by atoms with E-state index in [0.717, 1.165) is 0 Å².